The van der Waals surface area contributed by atoms with Crippen molar-refractivity contribution in [2.24, 2.45) is 5.11 Å². The van der Waals surface area contributed by atoms with Gasteiger partial charge in [-0.25, -0.2) is 0 Å². The van der Waals surface area contributed by atoms with Crippen molar-refractivity contribution < 1.29 is 33.3 Å². The molecule has 1 fully saturated rings. The lowest BCUT2D eigenvalue weighted by Crippen LogP contribution is -2.59. The Bertz CT molecular complexity index is 503. The van der Waals surface area contributed by atoms with Crippen LogP contribution in [0.2, 0.25) is 0 Å². The van der Waals surface area contributed by atoms with Gasteiger partial charge in [-0.05, 0) is 12.5 Å². The number of carbonyl (C=O) groups is 3. The molecule has 0 aromatic heterocycles. The van der Waals surface area contributed by atoms with Crippen molar-refractivity contribution in [3.8, 4) is 0 Å². The topological polar surface area (TPSA) is 137 Å². The van der Waals surface area contributed by atoms with Crippen LogP contribution in [-0.2, 0) is 33.3 Å². The molecule has 1 heterocycles. The van der Waals surface area contributed by atoms with Crippen molar-refractivity contribution in [1.82, 2.24) is 0 Å². The fraction of sp³-hybridized carbons (Fsp3) is 0.750. The maximum atomic E-state index is 11.3. The first-order valence-electron chi connectivity index (χ1n) is 6.47. The second kappa shape index (κ2) is 7.62. The summed E-state index contributed by atoms with van der Waals surface area (Å²) in [6, 6.07) is 0. The molecule has 0 radical (unpaired) electrons. The molecule has 0 bridgehead atoms. The molecule has 22 heavy (non-hydrogen) atoms. The van der Waals surface area contributed by atoms with E-state index in [0.717, 1.165) is 13.8 Å². The van der Waals surface area contributed by atoms with E-state index in [0.29, 0.717) is 0 Å². The summed E-state index contributed by atoms with van der Waals surface area (Å²) in [7, 11) is 0. The van der Waals surface area contributed by atoms with Gasteiger partial charge in [0.2, 0.25) is 0 Å². The molecule has 0 spiro atoms. The zero-order valence-electron chi connectivity index (χ0n) is 12.6. The highest BCUT2D eigenvalue weighted by Crippen LogP contribution is 2.29. The molecular formula is C12H17N3O7. The molecule has 1 aliphatic rings. The Kier molecular flexibility index (Phi) is 6.14. The van der Waals surface area contributed by atoms with Crippen LogP contribution in [0.1, 0.15) is 27.7 Å². The van der Waals surface area contributed by atoms with Crippen molar-refractivity contribution in [2.45, 2.75) is 58.3 Å². The van der Waals surface area contributed by atoms with Crippen LogP contribution in [0.5, 0.6) is 0 Å². The van der Waals surface area contributed by atoms with Gasteiger partial charge in [-0.1, -0.05) is 5.11 Å². The van der Waals surface area contributed by atoms with Gasteiger partial charge in [0.05, 0.1) is 6.10 Å². The van der Waals surface area contributed by atoms with Gasteiger partial charge in [0.1, 0.15) is 0 Å². The van der Waals surface area contributed by atoms with Crippen LogP contribution in [0.3, 0.4) is 0 Å². The molecule has 0 unspecified atom stereocenters. The highest BCUT2D eigenvalue weighted by atomic mass is 16.6. The van der Waals surface area contributed by atoms with Gasteiger partial charge in [-0.2, -0.15) is 0 Å². The Morgan fingerprint density at radius 1 is 0.955 bits per heavy atom. The average molecular weight is 315 g/mol. The van der Waals surface area contributed by atoms with E-state index in [1.807, 2.05) is 0 Å². The summed E-state index contributed by atoms with van der Waals surface area (Å²) in [4.78, 5) is 36.4. The fourth-order valence-corrected chi connectivity index (χ4v) is 2.13. The molecule has 10 nitrogen and oxygen atoms in total. The van der Waals surface area contributed by atoms with Crippen LogP contribution in [0.4, 0.5) is 0 Å². The van der Waals surface area contributed by atoms with Crippen LogP contribution in [-0.4, -0.2) is 48.6 Å². The third kappa shape index (κ3) is 4.61. The van der Waals surface area contributed by atoms with Gasteiger partial charge >= 0.3 is 17.9 Å². The quantitative estimate of drug-likeness (QED) is 0.246. The highest BCUT2D eigenvalue weighted by molar-refractivity contribution is 5.68. The Morgan fingerprint density at radius 2 is 1.41 bits per heavy atom. The SMILES string of the molecule is CC(=O)O[C@@H]1[C@@H](OC(C)=O)[C@H](N=[N+]=[N-])O[C@H](C)[C@@H]1OC(C)=O. The molecule has 0 aliphatic carbocycles. The van der Waals surface area contributed by atoms with Crippen LogP contribution in [0.25, 0.3) is 10.4 Å². The molecule has 5 atom stereocenters. The minimum atomic E-state index is -1.22. The number of azide groups is 1. The monoisotopic (exact) mass is 315 g/mol. The van der Waals surface area contributed by atoms with Crippen molar-refractivity contribution in [2.75, 3.05) is 0 Å². The molecule has 1 rings (SSSR count). The first-order chi connectivity index (χ1) is 10.3. The molecular weight excluding hydrogens is 298 g/mol. The zero-order chi connectivity index (χ0) is 16.9. The van der Waals surface area contributed by atoms with Crippen LogP contribution in [0.15, 0.2) is 5.11 Å². The van der Waals surface area contributed by atoms with Gasteiger partial charge in [0.15, 0.2) is 24.5 Å². The second-order valence-corrected chi connectivity index (χ2v) is 4.66. The second-order valence-electron chi connectivity index (χ2n) is 4.66. The smallest absolute Gasteiger partial charge is 0.303 e. The normalized spacial score (nSPS) is 30.6. The van der Waals surface area contributed by atoms with E-state index in [-0.39, 0.29) is 0 Å². The number of nitrogens with zero attached hydrogens (tertiary/aromatic N) is 3. The van der Waals surface area contributed by atoms with E-state index in [2.05, 4.69) is 10.0 Å². The first-order valence-corrected chi connectivity index (χ1v) is 6.47. The number of carbonyl (C=O) groups excluding carboxylic acids is 3. The third-order valence-electron chi connectivity index (χ3n) is 2.82. The number of esters is 3. The summed E-state index contributed by atoms with van der Waals surface area (Å²) in [5, 5.41) is 3.39. The summed E-state index contributed by atoms with van der Waals surface area (Å²) in [5.41, 5.74) is 8.58. The van der Waals surface area contributed by atoms with E-state index < -0.39 is 48.6 Å². The molecule has 0 amide bonds. The van der Waals surface area contributed by atoms with Gasteiger partial charge < -0.3 is 18.9 Å². The van der Waals surface area contributed by atoms with E-state index >= 15 is 0 Å². The maximum absolute atomic E-state index is 11.3. The molecule has 1 saturated heterocycles. The molecule has 0 aromatic carbocycles. The molecule has 0 aromatic rings. The summed E-state index contributed by atoms with van der Waals surface area (Å²) >= 11 is 0. The maximum Gasteiger partial charge on any atom is 0.303 e. The van der Waals surface area contributed by atoms with Crippen molar-refractivity contribution in [3.63, 3.8) is 0 Å². The van der Waals surface area contributed by atoms with Crippen LogP contribution < -0.4 is 0 Å². The molecule has 0 saturated carbocycles. The van der Waals surface area contributed by atoms with Gasteiger partial charge in [0.25, 0.3) is 0 Å². The lowest BCUT2D eigenvalue weighted by Gasteiger charge is -2.42. The van der Waals surface area contributed by atoms with Crippen molar-refractivity contribution in [1.29, 1.82) is 0 Å². The third-order valence-corrected chi connectivity index (χ3v) is 2.82. The van der Waals surface area contributed by atoms with Gasteiger partial charge in [-0.3, -0.25) is 14.4 Å². The number of rotatable bonds is 4. The van der Waals surface area contributed by atoms with Crippen molar-refractivity contribution >= 4 is 17.9 Å². The molecule has 10 heteroatoms. The fourth-order valence-electron chi connectivity index (χ4n) is 2.13. The van der Waals surface area contributed by atoms with Crippen LogP contribution >= 0.6 is 0 Å². The minimum absolute atomic E-state index is 0.624. The summed E-state index contributed by atoms with van der Waals surface area (Å²) in [6.07, 6.45) is -5.33. The minimum Gasteiger partial charge on any atom is -0.456 e. The van der Waals surface area contributed by atoms with E-state index in [1.165, 1.54) is 6.92 Å². The Morgan fingerprint density at radius 3 is 1.86 bits per heavy atom. The highest BCUT2D eigenvalue weighted by Gasteiger charge is 2.49. The number of hydrogen-bond donors (Lipinski definition) is 0. The van der Waals surface area contributed by atoms with Crippen LogP contribution in [0, 0.1) is 0 Å². The predicted octanol–water partition coefficient (Wildman–Crippen LogP) is 0.837. The first kappa shape index (κ1) is 17.7. The summed E-state index contributed by atoms with van der Waals surface area (Å²) in [5.74, 6) is -1.99. The Labute approximate surface area is 126 Å². The molecule has 0 N–H and O–H groups in total. The van der Waals surface area contributed by atoms with E-state index in [4.69, 9.17) is 24.5 Å². The lowest BCUT2D eigenvalue weighted by atomic mass is 9.98. The average Bonchev–Trinajstić information content (AvgIpc) is 2.37. The Hall–Kier alpha value is -2.32. The Balaban J connectivity index is 3.18. The van der Waals surface area contributed by atoms with E-state index in [9.17, 15) is 14.4 Å². The largest absolute Gasteiger partial charge is 0.456 e. The van der Waals surface area contributed by atoms with Crippen molar-refractivity contribution in [3.05, 3.63) is 10.4 Å². The summed E-state index contributed by atoms with van der Waals surface area (Å²) < 4.78 is 20.6. The van der Waals surface area contributed by atoms with Gasteiger partial charge in [-0.15, -0.1) is 0 Å². The van der Waals surface area contributed by atoms with Gasteiger partial charge in [0, 0.05) is 25.7 Å². The molecule has 1 aliphatic heterocycles. The number of hydrogen-bond acceptors (Lipinski definition) is 8. The summed E-state index contributed by atoms with van der Waals surface area (Å²) in [6.45, 7) is 5.01. The lowest BCUT2D eigenvalue weighted by molar-refractivity contribution is -0.242. The predicted molar refractivity (Wildman–Crippen MR) is 70.1 cm³/mol. The molecule has 122 valence electrons. The number of ether oxygens (including phenoxy) is 4. The van der Waals surface area contributed by atoms with E-state index in [1.54, 1.807) is 6.92 Å². The standard InChI is InChI=1S/C12H17N3O7/c1-5-9(20-6(2)16)10(21-7(3)17)11(22-8(4)18)12(19-5)14-15-13/h5,9-12H,1-4H3/t5-,9+,10+,11-,12-/m1/s1. The zero-order valence-corrected chi connectivity index (χ0v) is 12.6.